The second kappa shape index (κ2) is 7.03. The van der Waals surface area contributed by atoms with Gasteiger partial charge in [0.25, 0.3) is 0 Å². The van der Waals surface area contributed by atoms with Crippen LogP contribution in [-0.4, -0.2) is 5.78 Å². The molecule has 0 aromatic carbocycles. The van der Waals surface area contributed by atoms with Gasteiger partial charge in [0.15, 0.2) is 0 Å². The van der Waals surface area contributed by atoms with Crippen LogP contribution >= 0.6 is 0 Å². The SMILES string of the molecule is CC(=O)CC[C@H](CCC(C)C)C(C)C. The van der Waals surface area contributed by atoms with Gasteiger partial charge in [0.05, 0.1) is 0 Å². The van der Waals surface area contributed by atoms with Crippen LogP contribution in [0, 0.1) is 17.8 Å². The summed E-state index contributed by atoms with van der Waals surface area (Å²) in [6.45, 7) is 10.8. The molecule has 0 N–H and O–H groups in total. The molecule has 0 saturated carbocycles. The molecule has 0 aliphatic carbocycles. The predicted molar refractivity (Wildman–Crippen MR) is 62.3 cm³/mol. The largest absolute Gasteiger partial charge is 0.300 e. The maximum atomic E-state index is 10.9. The van der Waals surface area contributed by atoms with Crippen molar-refractivity contribution in [2.75, 3.05) is 0 Å². The third kappa shape index (κ3) is 7.11. The van der Waals surface area contributed by atoms with E-state index in [9.17, 15) is 4.79 Å². The van der Waals surface area contributed by atoms with Gasteiger partial charge >= 0.3 is 0 Å². The van der Waals surface area contributed by atoms with Crippen LogP contribution in [0.4, 0.5) is 0 Å². The number of ketones is 1. The van der Waals surface area contributed by atoms with E-state index in [-0.39, 0.29) is 0 Å². The number of hydrogen-bond donors (Lipinski definition) is 0. The van der Waals surface area contributed by atoms with Crippen LogP contribution in [0.25, 0.3) is 0 Å². The summed E-state index contributed by atoms with van der Waals surface area (Å²) in [5, 5.41) is 0. The average molecular weight is 198 g/mol. The van der Waals surface area contributed by atoms with Crippen LogP contribution in [-0.2, 0) is 4.79 Å². The van der Waals surface area contributed by atoms with Gasteiger partial charge in [-0.1, -0.05) is 34.1 Å². The fourth-order valence-electron chi connectivity index (χ4n) is 1.75. The monoisotopic (exact) mass is 198 g/mol. The first kappa shape index (κ1) is 13.7. The zero-order valence-electron chi connectivity index (χ0n) is 10.5. The van der Waals surface area contributed by atoms with Gasteiger partial charge in [-0.25, -0.2) is 0 Å². The molecule has 0 saturated heterocycles. The second-order valence-electron chi connectivity index (χ2n) is 5.22. The smallest absolute Gasteiger partial charge is 0.129 e. The molecule has 0 aromatic heterocycles. The minimum absolute atomic E-state index is 0.334. The highest BCUT2D eigenvalue weighted by Gasteiger charge is 2.14. The molecule has 0 heterocycles. The van der Waals surface area contributed by atoms with Crippen molar-refractivity contribution in [1.29, 1.82) is 0 Å². The van der Waals surface area contributed by atoms with Gasteiger partial charge in [0.1, 0.15) is 5.78 Å². The number of hydrogen-bond acceptors (Lipinski definition) is 1. The van der Waals surface area contributed by atoms with Crippen LogP contribution in [0.3, 0.4) is 0 Å². The minimum atomic E-state index is 0.334. The summed E-state index contributed by atoms with van der Waals surface area (Å²) in [5.74, 6) is 2.57. The minimum Gasteiger partial charge on any atom is -0.300 e. The Kier molecular flexibility index (Phi) is 6.86. The van der Waals surface area contributed by atoms with Crippen molar-refractivity contribution in [3.05, 3.63) is 0 Å². The van der Waals surface area contributed by atoms with Crippen LogP contribution in [0.15, 0.2) is 0 Å². The van der Waals surface area contributed by atoms with E-state index in [1.54, 1.807) is 6.92 Å². The summed E-state index contributed by atoms with van der Waals surface area (Å²) < 4.78 is 0. The van der Waals surface area contributed by atoms with Gasteiger partial charge in [0, 0.05) is 6.42 Å². The Morgan fingerprint density at radius 1 is 1.00 bits per heavy atom. The number of carbonyl (C=O) groups excluding carboxylic acids is 1. The number of rotatable bonds is 7. The van der Waals surface area contributed by atoms with Crippen molar-refractivity contribution in [3.63, 3.8) is 0 Å². The molecule has 84 valence electrons. The van der Waals surface area contributed by atoms with Crippen molar-refractivity contribution < 1.29 is 4.79 Å². The van der Waals surface area contributed by atoms with Gasteiger partial charge in [0.2, 0.25) is 0 Å². The third-order valence-corrected chi connectivity index (χ3v) is 2.92. The maximum absolute atomic E-state index is 10.9. The number of carbonyl (C=O) groups is 1. The molecule has 0 spiro atoms. The molecule has 0 bridgehead atoms. The summed E-state index contributed by atoms with van der Waals surface area (Å²) in [6, 6.07) is 0. The zero-order valence-corrected chi connectivity index (χ0v) is 10.5. The summed E-state index contributed by atoms with van der Waals surface area (Å²) in [5.41, 5.74) is 0. The Morgan fingerprint density at radius 2 is 1.57 bits per heavy atom. The Morgan fingerprint density at radius 3 is 1.93 bits per heavy atom. The molecular formula is C13H26O. The van der Waals surface area contributed by atoms with E-state index in [0.29, 0.717) is 11.7 Å². The van der Waals surface area contributed by atoms with E-state index in [4.69, 9.17) is 0 Å². The zero-order chi connectivity index (χ0) is 11.1. The van der Waals surface area contributed by atoms with Gasteiger partial charge in [-0.2, -0.15) is 0 Å². The van der Waals surface area contributed by atoms with Crippen LogP contribution in [0.1, 0.15) is 60.3 Å². The van der Waals surface area contributed by atoms with Crippen LogP contribution < -0.4 is 0 Å². The summed E-state index contributed by atoms with van der Waals surface area (Å²) in [7, 11) is 0. The highest BCUT2D eigenvalue weighted by molar-refractivity contribution is 5.75. The molecule has 0 amide bonds. The third-order valence-electron chi connectivity index (χ3n) is 2.92. The average Bonchev–Trinajstić information content (AvgIpc) is 2.02. The predicted octanol–water partition coefficient (Wildman–Crippen LogP) is 4.06. The highest BCUT2D eigenvalue weighted by Crippen LogP contribution is 2.24. The van der Waals surface area contributed by atoms with Crippen LogP contribution in [0.2, 0.25) is 0 Å². The highest BCUT2D eigenvalue weighted by atomic mass is 16.1. The van der Waals surface area contributed by atoms with Crippen molar-refractivity contribution in [2.45, 2.75) is 60.3 Å². The molecule has 0 fully saturated rings. The Balaban J connectivity index is 3.84. The van der Waals surface area contributed by atoms with E-state index >= 15 is 0 Å². The first-order valence-corrected chi connectivity index (χ1v) is 5.93. The first-order valence-electron chi connectivity index (χ1n) is 5.93. The van der Waals surface area contributed by atoms with Crippen molar-refractivity contribution in [2.24, 2.45) is 17.8 Å². The molecule has 1 heteroatoms. The van der Waals surface area contributed by atoms with Gasteiger partial charge in [-0.05, 0) is 37.5 Å². The Labute approximate surface area is 89.3 Å². The standard InChI is InChI=1S/C13H26O/c1-10(2)6-8-13(11(3)4)9-7-12(5)14/h10-11,13H,6-9H2,1-5H3/t13-/m0/s1. The molecule has 0 aliphatic rings. The number of Topliss-reactive ketones (excluding diaryl/α,β-unsaturated/α-hetero) is 1. The lowest BCUT2D eigenvalue weighted by atomic mass is 9.85. The quantitative estimate of drug-likeness (QED) is 0.603. The van der Waals surface area contributed by atoms with Crippen molar-refractivity contribution in [3.8, 4) is 0 Å². The molecular weight excluding hydrogens is 172 g/mol. The van der Waals surface area contributed by atoms with E-state index < -0.39 is 0 Å². The van der Waals surface area contributed by atoms with Gasteiger partial charge in [-0.15, -0.1) is 0 Å². The molecule has 1 nitrogen and oxygen atoms in total. The lowest BCUT2D eigenvalue weighted by Gasteiger charge is -2.21. The molecule has 0 unspecified atom stereocenters. The van der Waals surface area contributed by atoms with E-state index in [0.717, 1.165) is 24.7 Å². The summed E-state index contributed by atoms with van der Waals surface area (Å²) in [6.07, 6.45) is 4.42. The Bertz CT molecular complexity index is 159. The summed E-state index contributed by atoms with van der Waals surface area (Å²) in [4.78, 5) is 10.9. The topological polar surface area (TPSA) is 17.1 Å². The Hall–Kier alpha value is -0.330. The second-order valence-corrected chi connectivity index (χ2v) is 5.22. The van der Waals surface area contributed by atoms with Crippen LogP contribution in [0.5, 0.6) is 0 Å². The molecule has 14 heavy (non-hydrogen) atoms. The molecule has 0 rings (SSSR count). The molecule has 0 aromatic rings. The van der Waals surface area contributed by atoms with Crippen molar-refractivity contribution >= 4 is 5.78 Å². The van der Waals surface area contributed by atoms with Gasteiger partial charge in [-0.3, -0.25) is 0 Å². The van der Waals surface area contributed by atoms with E-state index in [1.807, 2.05) is 0 Å². The fourth-order valence-corrected chi connectivity index (χ4v) is 1.75. The lowest BCUT2D eigenvalue weighted by Crippen LogP contribution is -2.11. The molecule has 0 radical (unpaired) electrons. The first-order chi connectivity index (χ1) is 6.43. The normalized spacial score (nSPS) is 13.6. The summed E-state index contributed by atoms with van der Waals surface area (Å²) >= 11 is 0. The van der Waals surface area contributed by atoms with Gasteiger partial charge < -0.3 is 4.79 Å². The van der Waals surface area contributed by atoms with E-state index in [2.05, 4.69) is 27.7 Å². The molecule has 1 atom stereocenters. The molecule has 0 aliphatic heterocycles. The van der Waals surface area contributed by atoms with Crippen molar-refractivity contribution in [1.82, 2.24) is 0 Å². The fraction of sp³-hybridized carbons (Fsp3) is 0.923. The maximum Gasteiger partial charge on any atom is 0.129 e. The van der Waals surface area contributed by atoms with E-state index in [1.165, 1.54) is 12.8 Å². The lowest BCUT2D eigenvalue weighted by molar-refractivity contribution is -0.117.